The van der Waals surface area contributed by atoms with Crippen LogP contribution in [0, 0.1) is 5.82 Å². The molecule has 0 saturated carbocycles. The van der Waals surface area contributed by atoms with Gasteiger partial charge in [0.1, 0.15) is 5.82 Å². The number of halogens is 3. The number of nitrogens with zero attached hydrogens (tertiary/aromatic N) is 1. The molecule has 106 valence electrons. The SMILES string of the molecule is C[C@H]1CN(C(=O)Cc2cc(F)cc(Cl)c2)CCN1.Cl. The van der Waals surface area contributed by atoms with Gasteiger partial charge in [-0.2, -0.15) is 0 Å². The molecule has 1 aliphatic heterocycles. The number of piperazine rings is 1. The van der Waals surface area contributed by atoms with Crippen LogP contribution in [0.4, 0.5) is 4.39 Å². The van der Waals surface area contributed by atoms with Gasteiger partial charge in [0, 0.05) is 30.7 Å². The molecule has 6 heteroatoms. The molecule has 1 aliphatic rings. The van der Waals surface area contributed by atoms with Gasteiger partial charge in [-0.1, -0.05) is 11.6 Å². The van der Waals surface area contributed by atoms with Gasteiger partial charge < -0.3 is 10.2 Å². The Morgan fingerprint density at radius 2 is 2.26 bits per heavy atom. The summed E-state index contributed by atoms with van der Waals surface area (Å²) in [6.07, 6.45) is 0.199. The zero-order valence-electron chi connectivity index (χ0n) is 10.7. The predicted molar refractivity (Wildman–Crippen MR) is 76.4 cm³/mol. The fraction of sp³-hybridized carbons (Fsp3) is 0.462. The molecule has 1 amide bonds. The minimum absolute atomic E-state index is 0. The van der Waals surface area contributed by atoms with Crippen molar-refractivity contribution in [2.75, 3.05) is 19.6 Å². The molecule has 3 nitrogen and oxygen atoms in total. The zero-order valence-corrected chi connectivity index (χ0v) is 12.2. The molecule has 1 saturated heterocycles. The van der Waals surface area contributed by atoms with Crippen molar-refractivity contribution in [3.8, 4) is 0 Å². The second kappa shape index (κ2) is 7.08. The van der Waals surface area contributed by atoms with E-state index in [-0.39, 0.29) is 24.7 Å². The number of carbonyl (C=O) groups is 1. The Morgan fingerprint density at radius 3 is 2.89 bits per heavy atom. The summed E-state index contributed by atoms with van der Waals surface area (Å²) in [5, 5.41) is 3.60. The van der Waals surface area contributed by atoms with Crippen LogP contribution >= 0.6 is 24.0 Å². The summed E-state index contributed by atoms with van der Waals surface area (Å²) >= 11 is 5.77. The molecule has 1 heterocycles. The molecular formula is C13H17Cl2FN2O. The number of carbonyl (C=O) groups excluding carboxylic acids is 1. The molecule has 1 aromatic carbocycles. The van der Waals surface area contributed by atoms with Crippen molar-refractivity contribution in [2.45, 2.75) is 19.4 Å². The smallest absolute Gasteiger partial charge is 0.227 e. The van der Waals surface area contributed by atoms with Crippen molar-refractivity contribution < 1.29 is 9.18 Å². The molecule has 0 aliphatic carbocycles. The highest BCUT2D eigenvalue weighted by atomic mass is 35.5. The van der Waals surface area contributed by atoms with Crippen molar-refractivity contribution in [2.24, 2.45) is 0 Å². The van der Waals surface area contributed by atoms with Crippen LogP contribution in [0.1, 0.15) is 12.5 Å². The third-order valence-electron chi connectivity index (χ3n) is 3.00. The molecular weight excluding hydrogens is 290 g/mol. The number of hydrogen-bond acceptors (Lipinski definition) is 2. The van der Waals surface area contributed by atoms with Crippen LogP contribution in [0.2, 0.25) is 5.02 Å². The van der Waals surface area contributed by atoms with Crippen molar-refractivity contribution in [3.05, 3.63) is 34.6 Å². The summed E-state index contributed by atoms with van der Waals surface area (Å²) in [7, 11) is 0. The monoisotopic (exact) mass is 306 g/mol. The molecule has 1 atom stereocenters. The molecule has 0 bridgehead atoms. The molecule has 2 rings (SSSR count). The van der Waals surface area contributed by atoms with Crippen LogP contribution in [0.5, 0.6) is 0 Å². The van der Waals surface area contributed by atoms with E-state index >= 15 is 0 Å². The second-order valence-corrected chi connectivity index (χ2v) is 5.09. The standard InChI is InChI=1S/C13H16ClFN2O.ClH/c1-9-8-17(3-2-16-9)13(18)6-10-4-11(14)7-12(15)5-10;/h4-5,7,9,16H,2-3,6,8H2,1H3;1H/t9-;/m0./s1. The van der Waals surface area contributed by atoms with Crippen LogP contribution in [0.3, 0.4) is 0 Å². The van der Waals surface area contributed by atoms with E-state index in [2.05, 4.69) is 5.32 Å². The quantitative estimate of drug-likeness (QED) is 0.909. The van der Waals surface area contributed by atoms with Crippen molar-refractivity contribution in [1.29, 1.82) is 0 Å². The summed E-state index contributed by atoms with van der Waals surface area (Å²) in [5.41, 5.74) is 0.621. The van der Waals surface area contributed by atoms with Gasteiger partial charge in [0.2, 0.25) is 5.91 Å². The van der Waals surface area contributed by atoms with Crippen molar-refractivity contribution in [1.82, 2.24) is 10.2 Å². The molecule has 0 spiro atoms. The molecule has 1 fully saturated rings. The van der Waals surface area contributed by atoms with Gasteiger partial charge in [-0.3, -0.25) is 4.79 Å². The second-order valence-electron chi connectivity index (χ2n) is 4.65. The van der Waals surface area contributed by atoms with Gasteiger partial charge in [0.15, 0.2) is 0 Å². The first-order valence-corrected chi connectivity index (χ1v) is 6.38. The average molecular weight is 307 g/mol. The molecule has 19 heavy (non-hydrogen) atoms. The van der Waals surface area contributed by atoms with Crippen molar-refractivity contribution >= 4 is 29.9 Å². The van der Waals surface area contributed by atoms with Gasteiger partial charge in [-0.05, 0) is 30.7 Å². The molecule has 0 radical (unpaired) electrons. The third-order valence-corrected chi connectivity index (χ3v) is 3.22. The third kappa shape index (κ3) is 4.64. The van der Waals surface area contributed by atoms with E-state index in [0.717, 1.165) is 6.54 Å². The van der Waals surface area contributed by atoms with Crippen LogP contribution < -0.4 is 5.32 Å². The maximum Gasteiger partial charge on any atom is 0.227 e. The highest BCUT2D eigenvalue weighted by Gasteiger charge is 2.20. The first-order chi connectivity index (χ1) is 8.54. The molecule has 0 unspecified atom stereocenters. The van der Waals surface area contributed by atoms with E-state index in [1.807, 2.05) is 6.92 Å². The lowest BCUT2D eigenvalue weighted by Crippen LogP contribution is -2.51. The van der Waals surface area contributed by atoms with Gasteiger partial charge in [0.05, 0.1) is 6.42 Å². The first-order valence-electron chi connectivity index (χ1n) is 6.01. The summed E-state index contributed by atoms with van der Waals surface area (Å²) in [6.45, 7) is 4.24. The van der Waals surface area contributed by atoms with Crippen molar-refractivity contribution in [3.63, 3.8) is 0 Å². The summed E-state index contributed by atoms with van der Waals surface area (Å²) in [5.74, 6) is -0.385. The van der Waals surface area contributed by atoms with E-state index in [0.29, 0.717) is 29.7 Å². The van der Waals surface area contributed by atoms with E-state index in [1.165, 1.54) is 12.1 Å². The summed E-state index contributed by atoms with van der Waals surface area (Å²) < 4.78 is 13.2. The van der Waals surface area contributed by atoms with Crippen LogP contribution in [-0.4, -0.2) is 36.5 Å². The number of amides is 1. The maximum absolute atomic E-state index is 13.2. The first kappa shape index (κ1) is 16.2. The molecule has 0 aromatic heterocycles. The van der Waals surface area contributed by atoms with Crippen LogP contribution in [-0.2, 0) is 11.2 Å². The van der Waals surface area contributed by atoms with E-state index in [1.54, 1.807) is 11.0 Å². The Kier molecular flexibility index (Phi) is 6.04. The summed E-state index contributed by atoms with van der Waals surface area (Å²) in [6, 6.07) is 4.53. The Labute approximate surface area is 123 Å². The lowest BCUT2D eigenvalue weighted by Gasteiger charge is -2.32. The number of benzene rings is 1. The van der Waals surface area contributed by atoms with E-state index in [4.69, 9.17) is 11.6 Å². The fourth-order valence-corrected chi connectivity index (χ4v) is 2.40. The van der Waals surface area contributed by atoms with E-state index in [9.17, 15) is 9.18 Å². The Balaban J connectivity index is 0.00000180. The van der Waals surface area contributed by atoms with Crippen LogP contribution in [0.25, 0.3) is 0 Å². The van der Waals surface area contributed by atoms with Gasteiger partial charge in [-0.25, -0.2) is 4.39 Å². The normalized spacial score (nSPS) is 18.9. The molecule has 1 aromatic rings. The predicted octanol–water partition coefficient (Wildman–Crippen LogP) is 2.26. The minimum atomic E-state index is -0.404. The number of nitrogens with one attached hydrogen (secondary N) is 1. The highest BCUT2D eigenvalue weighted by molar-refractivity contribution is 6.30. The Bertz CT molecular complexity index is 436. The summed E-state index contributed by atoms with van der Waals surface area (Å²) in [4.78, 5) is 13.9. The van der Waals surface area contributed by atoms with Gasteiger partial charge in [0.25, 0.3) is 0 Å². The highest BCUT2D eigenvalue weighted by Crippen LogP contribution is 2.15. The minimum Gasteiger partial charge on any atom is -0.340 e. The van der Waals surface area contributed by atoms with Gasteiger partial charge >= 0.3 is 0 Å². The maximum atomic E-state index is 13.2. The molecule has 1 N–H and O–H groups in total. The lowest BCUT2D eigenvalue weighted by atomic mass is 10.1. The largest absolute Gasteiger partial charge is 0.340 e. The number of hydrogen-bond donors (Lipinski definition) is 1. The number of rotatable bonds is 2. The fourth-order valence-electron chi connectivity index (χ4n) is 2.16. The average Bonchev–Trinajstić information content (AvgIpc) is 2.27. The Morgan fingerprint density at radius 1 is 1.53 bits per heavy atom. The van der Waals surface area contributed by atoms with E-state index < -0.39 is 5.82 Å². The lowest BCUT2D eigenvalue weighted by molar-refractivity contribution is -0.131. The Hall–Kier alpha value is -0.840. The van der Waals surface area contributed by atoms with Gasteiger partial charge in [-0.15, -0.1) is 12.4 Å². The topological polar surface area (TPSA) is 32.3 Å². The zero-order chi connectivity index (χ0) is 13.1. The van der Waals surface area contributed by atoms with Crippen LogP contribution in [0.15, 0.2) is 18.2 Å².